The third-order valence-electron chi connectivity index (χ3n) is 4.81. The molecule has 1 aliphatic rings. The second-order valence-corrected chi connectivity index (χ2v) is 7.05. The number of benzene rings is 1. The van der Waals surface area contributed by atoms with Crippen LogP contribution >= 0.6 is 0 Å². The summed E-state index contributed by atoms with van der Waals surface area (Å²) in [5.41, 5.74) is 3.41. The van der Waals surface area contributed by atoms with Crippen molar-refractivity contribution in [2.45, 2.75) is 66.0 Å². The molecule has 0 saturated carbocycles. The third-order valence-corrected chi connectivity index (χ3v) is 4.81. The van der Waals surface area contributed by atoms with Crippen LogP contribution in [-0.4, -0.2) is 6.04 Å². The fourth-order valence-electron chi connectivity index (χ4n) is 3.38. The Balaban J connectivity index is 2.30. The molecule has 1 aromatic carbocycles. The second kappa shape index (κ2) is 5.66. The average Bonchev–Trinajstić information content (AvgIpc) is 2.37. The van der Waals surface area contributed by atoms with E-state index < -0.39 is 0 Å². The summed E-state index contributed by atoms with van der Waals surface area (Å²) in [7, 11) is 0. The average molecular weight is 259 g/mol. The summed E-state index contributed by atoms with van der Waals surface area (Å²) in [6.07, 6.45) is 3.70. The molecule has 106 valence electrons. The van der Waals surface area contributed by atoms with Crippen molar-refractivity contribution in [2.24, 2.45) is 11.3 Å². The fraction of sp³-hybridized carbons (Fsp3) is 0.667. The van der Waals surface area contributed by atoms with Crippen LogP contribution in [0.15, 0.2) is 24.3 Å². The van der Waals surface area contributed by atoms with E-state index in [2.05, 4.69) is 64.2 Å². The summed E-state index contributed by atoms with van der Waals surface area (Å²) >= 11 is 0. The Morgan fingerprint density at radius 2 is 1.95 bits per heavy atom. The van der Waals surface area contributed by atoms with Crippen molar-refractivity contribution < 1.29 is 0 Å². The molecule has 1 N–H and O–H groups in total. The lowest BCUT2D eigenvalue weighted by molar-refractivity contribution is 0.178. The summed E-state index contributed by atoms with van der Waals surface area (Å²) in [5.74, 6) is 0.690. The minimum absolute atomic E-state index is 0.344. The monoisotopic (exact) mass is 259 g/mol. The Hall–Kier alpha value is -0.820. The van der Waals surface area contributed by atoms with Gasteiger partial charge in [0.25, 0.3) is 0 Å². The number of nitrogens with one attached hydrogen (secondary N) is 1. The van der Waals surface area contributed by atoms with E-state index in [-0.39, 0.29) is 0 Å². The first-order chi connectivity index (χ1) is 8.95. The standard InChI is InChI=1S/C18H29N/c1-6-16(13(2)3)19-17-15-10-8-7-9-14(15)11-12-18(17,4)5/h7-10,13,16-17,19H,6,11-12H2,1-5H3. The highest BCUT2D eigenvalue weighted by molar-refractivity contribution is 5.34. The zero-order chi connectivity index (χ0) is 14.0. The van der Waals surface area contributed by atoms with Crippen LogP contribution in [0.4, 0.5) is 0 Å². The highest BCUT2D eigenvalue weighted by Crippen LogP contribution is 2.43. The maximum absolute atomic E-state index is 3.95. The molecule has 2 unspecified atom stereocenters. The first-order valence-corrected chi connectivity index (χ1v) is 7.79. The lowest BCUT2D eigenvalue weighted by Crippen LogP contribution is -2.44. The van der Waals surface area contributed by atoms with Gasteiger partial charge in [-0.05, 0) is 41.7 Å². The van der Waals surface area contributed by atoms with Gasteiger partial charge in [0.1, 0.15) is 0 Å². The SMILES string of the molecule is CCC(NC1c2ccccc2CCC1(C)C)C(C)C. The maximum atomic E-state index is 3.95. The van der Waals surface area contributed by atoms with E-state index in [1.54, 1.807) is 0 Å². The van der Waals surface area contributed by atoms with E-state index in [0.717, 1.165) is 0 Å². The smallest absolute Gasteiger partial charge is 0.0377 e. The summed E-state index contributed by atoms with van der Waals surface area (Å²) in [6, 6.07) is 10.1. The largest absolute Gasteiger partial charge is 0.306 e. The molecule has 1 aromatic rings. The van der Waals surface area contributed by atoms with Gasteiger partial charge in [-0.1, -0.05) is 58.9 Å². The molecular weight excluding hydrogens is 230 g/mol. The van der Waals surface area contributed by atoms with Crippen LogP contribution in [0.25, 0.3) is 0 Å². The highest BCUT2D eigenvalue weighted by Gasteiger charge is 2.36. The fourth-order valence-corrected chi connectivity index (χ4v) is 3.38. The predicted octanol–water partition coefficient (Wildman–Crippen LogP) is 4.72. The van der Waals surface area contributed by atoms with Gasteiger partial charge in [0.15, 0.2) is 0 Å². The molecule has 1 aliphatic carbocycles. The van der Waals surface area contributed by atoms with Crippen molar-refractivity contribution in [3.8, 4) is 0 Å². The summed E-state index contributed by atoms with van der Waals surface area (Å²) in [4.78, 5) is 0. The molecule has 0 aromatic heterocycles. The van der Waals surface area contributed by atoms with Crippen molar-refractivity contribution in [1.82, 2.24) is 5.32 Å². The Morgan fingerprint density at radius 1 is 1.26 bits per heavy atom. The molecule has 2 atom stereocenters. The van der Waals surface area contributed by atoms with Gasteiger partial charge >= 0.3 is 0 Å². The molecule has 0 radical (unpaired) electrons. The summed E-state index contributed by atoms with van der Waals surface area (Å²) < 4.78 is 0. The number of hydrogen-bond donors (Lipinski definition) is 1. The topological polar surface area (TPSA) is 12.0 Å². The van der Waals surface area contributed by atoms with Gasteiger partial charge in [-0.3, -0.25) is 0 Å². The van der Waals surface area contributed by atoms with E-state index in [4.69, 9.17) is 0 Å². The summed E-state index contributed by atoms with van der Waals surface area (Å²) in [6.45, 7) is 11.8. The molecule has 0 aliphatic heterocycles. The number of hydrogen-bond acceptors (Lipinski definition) is 1. The normalized spacial score (nSPS) is 23.2. The van der Waals surface area contributed by atoms with Crippen molar-refractivity contribution in [1.29, 1.82) is 0 Å². The first-order valence-electron chi connectivity index (χ1n) is 7.79. The van der Waals surface area contributed by atoms with Crippen LogP contribution in [0.1, 0.15) is 64.6 Å². The predicted molar refractivity (Wildman–Crippen MR) is 83.3 cm³/mol. The van der Waals surface area contributed by atoms with Gasteiger partial charge in [0, 0.05) is 12.1 Å². The van der Waals surface area contributed by atoms with E-state index in [1.807, 2.05) is 0 Å². The Kier molecular flexibility index (Phi) is 4.35. The minimum Gasteiger partial charge on any atom is -0.306 e. The van der Waals surface area contributed by atoms with Gasteiger partial charge in [0.05, 0.1) is 0 Å². The van der Waals surface area contributed by atoms with E-state index in [0.29, 0.717) is 23.4 Å². The van der Waals surface area contributed by atoms with Gasteiger partial charge < -0.3 is 5.32 Å². The molecule has 0 bridgehead atoms. The Bertz CT molecular complexity index is 419. The molecule has 0 fully saturated rings. The van der Waals surface area contributed by atoms with E-state index >= 15 is 0 Å². The van der Waals surface area contributed by atoms with Gasteiger partial charge in [-0.2, -0.15) is 0 Å². The Morgan fingerprint density at radius 3 is 2.58 bits per heavy atom. The molecule has 0 heterocycles. The highest BCUT2D eigenvalue weighted by atomic mass is 15.0. The number of rotatable bonds is 4. The quantitative estimate of drug-likeness (QED) is 0.824. The first kappa shape index (κ1) is 14.6. The van der Waals surface area contributed by atoms with Crippen LogP contribution in [-0.2, 0) is 6.42 Å². The lowest BCUT2D eigenvalue weighted by Gasteiger charge is -2.43. The molecule has 0 amide bonds. The van der Waals surface area contributed by atoms with Gasteiger partial charge in [0.2, 0.25) is 0 Å². The van der Waals surface area contributed by atoms with Crippen molar-refractivity contribution in [3.63, 3.8) is 0 Å². The van der Waals surface area contributed by atoms with Crippen molar-refractivity contribution in [3.05, 3.63) is 35.4 Å². The van der Waals surface area contributed by atoms with Gasteiger partial charge in [-0.25, -0.2) is 0 Å². The molecule has 0 saturated heterocycles. The van der Waals surface area contributed by atoms with E-state index in [9.17, 15) is 0 Å². The van der Waals surface area contributed by atoms with Crippen molar-refractivity contribution >= 4 is 0 Å². The van der Waals surface area contributed by atoms with Crippen LogP contribution in [0.3, 0.4) is 0 Å². The minimum atomic E-state index is 0.344. The van der Waals surface area contributed by atoms with Crippen LogP contribution < -0.4 is 5.32 Å². The van der Waals surface area contributed by atoms with Crippen LogP contribution in [0.5, 0.6) is 0 Å². The summed E-state index contributed by atoms with van der Waals surface area (Å²) in [5, 5.41) is 3.95. The lowest BCUT2D eigenvalue weighted by atomic mass is 9.70. The third kappa shape index (κ3) is 3.02. The maximum Gasteiger partial charge on any atom is 0.0377 e. The van der Waals surface area contributed by atoms with Crippen LogP contribution in [0, 0.1) is 11.3 Å². The molecule has 19 heavy (non-hydrogen) atoms. The zero-order valence-corrected chi connectivity index (χ0v) is 13.2. The van der Waals surface area contributed by atoms with Crippen LogP contribution in [0.2, 0.25) is 0 Å². The second-order valence-electron chi connectivity index (χ2n) is 7.05. The molecule has 1 nitrogen and oxygen atoms in total. The molecule has 2 rings (SSSR count). The van der Waals surface area contributed by atoms with Gasteiger partial charge in [-0.15, -0.1) is 0 Å². The zero-order valence-electron chi connectivity index (χ0n) is 13.2. The van der Waals surface area contributed by atoms with E-state index in [1.165, 1.54) is 30.4 Å². The Labute approximate surface area is 118 Å². The van der Waals surface area contributed by atoms with Crippen molar-refractivity contribution in [2.75, 3.05) is 0 Å². The molecule has 1 heteroatoms. The molecule has 0 spiro atoms. The molecular formula is C18H29N. The number of aryl methyl sites for hydroxylation is 1. The number of fused-ring (bicyclic) bond motifs is 1.